The average molecular weight is 388 g/mol. The van der Waals surface area contributed by atoms with Crippen LogP contribution in [0.2, 0.25) is 0 Å². The van der Waals surface area contributed by atoms with Crippen LogP contribution >= 0.6 is 0 Å². The van der Waals surface area contributed by atoms with Gasteiger partial charge < -0.3 is 18.2 Å². The molecule has 150 valence electrons. The molecule has 3 aromatic rings. The molecule has 0 amide bonds. The third-order valence-corrected chi connectivity index (χ3v) is 4.85. The van der Waals surface area contributed by atoms with Crippen LogP contribution in [0.15, 0.2) is 32.1 Å². The fraction of sp³-hybridized carbons (Fsp3) is 0.556. The molecule has 10 nitrogen and oxygen atoms in total. The van der Waals surface area contributed by atoms with E-state index in [9.17, 15) is 0 Å². The average Bonchev–Trinajstić information content (AvgIpc) is 3.44. The molecule has 0 spiro atoms. The van der Waals surface area contributed by atoms with E-state index in [2.05, 4.69) is 30.1 Å². The largest absolute Gasteiger partial charge is 0.472 e. The molecule has 1 aliphatic heterocycles. The van der Waals surface area contributed by atoms with Gasteiger partial charge in [0.2, 0.25) is 17.6 Å². The van der Waals surface area contributed by atoms with Crippen molar-refractivity contribution in [1.29, 1.82) is 0 Å². The Hall–Kier alpha value is -2.56. The van der Waals surface area contributed by atoms with Crippen LogP contribution in [0.25, 0.3) is 11.4 Å². The number of hydrogen-bond donors (Lipinski definition) is 0. The lowest BCUT2D eigenvalue weighted by Crippen LogP contribution is -2.30. The van der Waals surface area contributed by atoms with Gasteiger partial charge in [-0.1, -0.05) is 10.3 Å². The molecule has 0 N–H and O–H groups in total. The Morgan fingerprint density at radius 2 is 1.75 bits per heavy atom. The Balaban J connectivity index is 1.29. The second-order valence-electron chi connectivity index (χ2n) is 6.85. The Bertz CT molecular complexity index is 861. The van der Waals surface area contributed by atoms with Gasteiger partial charge in [0.1, 0.15) is 12.4 Å². The van der Waals surface area contributed by atoms with Gasteiger partial charge in [0.25, 0.3) is 0 Å². The third-order valence-electron chi connectivity index (χ3n) is 4.85. The van der Waals surface area contributed by atoms with Crippen LogP contribution < -0.4 is 0 Å². The Labute approximate surface area is 162 Å². The normalized spacial score (nSPS) is 17.6. The number of ether oxygens (including phenoxy) is 1. The smallest absolute Gasteiger partial charge is 0.241 e. The molecule has 10 heteroatoms. The highest BCUT2D eigenvalue weighted by Crippen LogP contribution is 2.17. The molecule has 1 fully saturated rings. The number of methoxy groups -OCH3 is 1. The lowest BCUT2D eigenvalue weighted by molar-refractivity contribution is 0.109. The third kappa shape index (κ3) is 4.46. The zero-order valence-electron chi connectivity index (χ0n) is 16.1. The van der Waals surface area contributed by atoms with Crippen molar-refractivity contribution in [3.63, 3.8) is 0 Å². The summed E-state index contributed by atoms with van der Waals surface area (Å²) >= 11 is 0. The summed E-state index contributed by atoms with van der Waals surface area (Å²) in [6, 6.07) is 1.81. The number of hydrogen-bond acceptors (Lipinski definition) is 10. The van der Waals surface area contributed by atoms with Crippen molar-refractivity contribution in [3.8, 4) is 11.4 Å². The van der Waals surface area contributed by atoms with Crippen molar-refractivity contribution in [3.05, 3.63) is 36.2 Å². The quantitative estimate of drug-likeness (QED) is 0.597. The second kappa shape index (κ2) is 8.63. The maximum absolute atomic E-state index is 5.39. The molecular weight excluding hydrogens is 364 g/mol. The highest BCUT2D eigenvalue weighted by Gasteiger charge is 2.20. The lowest BCUT2D eigenvalue weighted by atomic mass is 10.3. The van der Waals surface area contributed by atoms with Crippen molar-refractivity contribution in [2.24, 2.45) is 0 Å². The van der Waals surface area contributed by atoms with Crippen LogP contribution in [0.5, 0.6) is 0 Å². The summed E-state index contributed by atoms with van der Waals surface area (Å²) in [5, 5.41) is 8.01. The van der Waals surface area contributed by atoms with Gasteiger partial charge in [0, 0.05) is 20.2 Å². The van der Waals surface area contributed by atoms with Gasteiger partial charge in [-0.2, -0.15) is 9.97 Å². The van der Waals surface area contributed by atoms with Gasteiger partial charge in [0.15, 0.2) is 5.82 Å². The van der Waals surface area contributed by atoms with E-state index in [0.717, 1.165) is 38.2 Å². The first-order valence-electron chi connectivity index (χ1n) is 9.36. The molecule has 4 rings (SSSR count). The van der Waals surface area contributed by atoms with Crippen LogP contribution in [0, 0.1) is 0 Å². The highest BCUT2D eigenvalue weighted by atomic mass is 16.5. The van der Waals surface area contributed by atoms with Crippen LogP contribution in [-0.2, 0) is 17.8 Å². The molecule has 1 unspecified atom stereocenters. The number of rotatable bonds is 7. The SMILES string of the molecule is COC(C)c1noc(CN2CCCN(Cc3nc(-c4ccoc4)no3)CC2)n1. The van der Waals surface area contributed by atoms with Crippen LogP contribution in [0.3, 0.4) is 0 Å². The van der Waals surface area contributed by atoms with Crippen molar-refractivity contribution in [2.75, 3.05) is 33.3 Å². The van der Waals surface area contributed by atoms with E-state index in [1.54, 1.807) is 19.6 Å². The zero-order valence-corrected chi connectivity index (χ0v) is 16.1. The minimum Gasteiger partial charge on any atom is -0.472 e. The molecule has 0 saturated carbocycles. The maximum Gasteiger partial charge on any atom is 0.241 e. The Morgan fingerprint density at radius 3 is 2.43 bits per heavy atom. The fourth-order valence-electron chi connectivity index (χ4n) is 3.15. The zero-order chi connectivity index (χ0) is 19.3. The highest BCUT2D eigenvalue weighted by molar-refractivity contribution is 5.51. The van der Waals surface area contributed by atoms with Crippen LogP contribution in [0.1, 0.15) is 37.1 Å². The molecule has 0 aromatic carbocycles. The van der Waals surface area contributed by atoms with Gasteiger partial charge in [-0.15, -0.1) is 0 Å². The van der Waals surface area contributed by atoms with E-state index in [-0.39, 0.29) is 6.10 Å². The van der Waals surface area contributed by atoms with E-state index in [4.69, 9.17) is 18.2 Å². The first-order chi connectivity index (χ1) is 13.7. The molecule has 1 atom stereocenters. The molecule has 0 bridgehead atoms. The number of aromatic nitrogens is 4. The van der Waals surface area contributed by atoms with E-state index >= 15 is 0 Å². The van der Waals surface area contributed by atoms with Gasteiger partial charge in [-0.05, 0) is 32.5 Å². The Kier molecular flexibility index (Phi) is 5.79. The molecule has 1 saturated heterocycles. The van der Waals surface area contributed by atoms with E-state index in [1.807, 2.05) is 13.0 Å². The predicted molar refractivity (Wildman–Crippen MR) is 96.9 cm³/mol. The summed E-state index contributed by atoms with van der Waals surface area (Å²) in [6.45, 7) is 6.91. The summed E-state index contributed by atoms with van der Waals surface area (Å²) in [5.74, 6) is 2.37. The van der Waals surface area contributed by atoms with E-state index < -0.39 is 0 Å². The fourth-order valence-corrected chi connectivity index (χ4v) is 3.15. The van der Waals surface area contributed by atoms with Crippen molar-refractivity contribution in [2.45, 2.75) is 32.5 Å². The van der Waals surface area contributed by atoms with Gasteiger partial charge in [0.05, 0.1) is 24.9 Å². The van der Waals surface area contributed by atoms with Crippen LogP contribution in [-0.4, -0.2) is 63.4 Å². The predicted octanol–water partition coefficient (Wildman–Crippen LogP) is 2.13. The monoisotopic (exact) mass is 388 g/mol. The molecule has 0 radical (unpaired) electrons. The molecular formula is C18H24N6O4. The summed E-state index contributed by atoms with van der Waals surface area (Å²) in [4.78, 5) is 13.5. The lowest BCUT2D eigenvalue weighted by Gasteiger charge is -2.19. The first kappa shape index (κ1) is 18.8. The maximum atomic E-state index is 5.39. The van der Waals surface area contributed by atoms with Crippen molar-refractivity contribution in [1.82, 2.24) is 30.1 Å². The number of furan rings is 1. The van der Waals surface area contributed by atoms with Gasteiger partial charge in [-0.25, -0.2) is 0 Å². The topological polar surface area (TPSA) is 107 Å². The van der Waals surface area contributed by atoms with Gasteiger partial charge in [-0.3, -0.25) is 9.80 Å². The second-order valence-corrected chi connectivity index (χ2v) is 6.85. The van der Waals surface area contributed by atoms with Crippen molar-refractivity contribution < 1.29 is 18.2 Å². The summed E-state index contributed by atoms with van der Waals surface area (Å²) in [6.07, 6.45) is 4.07. The summed E-state index contributed by atoms with van der Waals surface area (Å²) in [7, 11) is 1.63. The van der Waals surface area contributed by atoms with Crippen LogP contribution in [0.4, 0.5) is 0 Å². The molecule has 4 heterocycles. The molecule has 0 aliphatic carbocycles. The van der Waals surface area contributed by atoms with Crippen molar-refractivity contribution >= 4 is 0 Å². The number of nitrogens with zero attached hydrogens (tertiary/aromatic N) is 6. The minimum absolute atomic E-state index is 0.168. The minimum atomic E-state index is -0.168. The van der Waals surface area contributed by atoms with Gasteiger partial charge >= 0.3 is 0 Å². The summed E-state index contributed by atoms with van der Waals surface area (Å²) < 4.78 is 21.0. The molecule has 28 heavy (non-hydrogen) atoms. The van der Waals surface area contributed by atoms with E-state index in [0.29, 0.717) is 36.5 Å². The van der Waals surface area contributed by atoms with E-state index in [1.165, 1.54) is 0 Å². The molecule has 3 aromatic heterocycles. The first-order valence-corrected chi connectivity index (χ1v) is 9.36. The summed E-state index contributed by atoms with van der Waals surface area (Å²) in [5.41, 5.74) is 0.818. The Morgan fingerprint density at radius 1 is 1.04 bits per heavy atom. The standard InChI is InChI=1S/C18H24N6O4/c1-13(25-2)17-19-15(27-21-17)10-23-5-3-6-24(8-7-23)11-16-20-18(22-28-16)14-4-9-26-12-14/h4,9,12-13H,3,5-8,10-11H2,1-2H3. The molecule has 1 aliphatic rings.